The molecule has 0 atom stereocenters. The number of rotatable bonds is 0. The van der Waals surface area contributed by atoms with Crippen LogP contribution in [0.3, 0.4) is 0 Å². The van der Waals surface area contributed by atoms with Crippen LogP contribution in [0.1, 0.15) is 0 Å². The summed E-state index contributed by atoms with van der Waals surface area (Å²) in [4.78, 5) is 0. The maximum atomic E-state index is 8.73. The van der Waals surface area contributed by atoms with E-state index >= 15 is 0 Å². The second-order valence-electron chi connectivity index (χ2n) is 0.396. The smallest absolute Gasteiger partial charge is 0.256 e. The van der Waals surface area contributed by atoms with Crippen molar-refractivity contribution in [3.63, 3.8) is 0 Å². The van der Waals surface area contributed by atoms with Crippen LogP contribution in [0.5, 0.6) is 0 Å². The van der Waals surface area contributed by atoms with Gasteiger partial charge in [0.1, 0.15) is 0 Å². The van der Waals surface area contributed by atoms with Gasteiger partial charge in [-0.15, -0.1) is 0 Å². The van der Waals surface area contributed by atoms with E-state index in [-0.39, 0.29) is 19.8 Å². The Morgan fingerprint density at radius 3 is 1.17 bits per heavy atom. The zero-order chi connectivity index (χ0) is 4.50. The van der Waals surface area contributed by atoms with Gasteiger partial charge in [0.25, 0.3) is 0 Å². The Morgan fingerprint density at radius 1 is 1.17 bits per heavy atom. The van der Waals surface area contributed by atoms with Crippen molar-refractivity contribution in [3.05, 3.63) is 0 Å². The predicted octanol–water partition coefficient (Wildman–Crippen LogP) is -7.12. The first-order valence-electron chi connectivity index (χ1n) is 0.632. The van der Waals surface area contributed by atoms with Gasteiger partial charge in [0.15, 0.2) is 0 Å². The first-order valence-corrected chi connectivity index (χ1v) is 4.24. The zero-order valence-electron chi connectivity index (χ0n) is 2.40. The molecule has 0 aliphatic heterocycles. The topological polar surface area (TPSA) is 89.4 Å². The third kappa shape index (κ3) is 63.3. The Bertz CT molecular complexity index is 23.0. The van der Waals surface area contributed by atoms with Crippen molar-refractivity contribution in [2.45, 2.75) is 0 Å². The molecule has 0 aliphatic carbocycles. The Morgan fingerprint density at radius 2 is 1.17 bits per heavy atom. The molecule has 0 rings (SSSR count). The predicted molar refractivity (Wildman–Crippen MR) is 2.22 cm³/mol. The van der Waals surface area contributed by atoms with Crippen molar-refractivity contribution in [3.8, 4) is 0 Å². The van der Waals surface area contributed by atoms with Crippen LogP contribution < -0.4 is 30.4 Å². The summed E-state index contributed by atoms with van der Waals surface area (Å²) in [7, 11) is 0. The molecule has 0 unspecified atom stereocenters. The van der Waals surface area contributed by atoms with Crippen LogP contribution in [0, 0.1) is 0 Å². The first kappa shape index (κ1) is 10.2. The molecule has 6 heteroatoms. The van der Waals surface area contributed by atoms with Gasteiger partial charge in [-0.05, 0) is 0 Å². The SMILES string of the molecule is [O-][I+3]([O-])([O-])O.[Os]. The van der Waals surface area contributed by atoms with Crippen molar-refractivity contribution in [2.24, 2.45) is 0 Å². The van der Waals surface area contributed by atoms with E-state index in [1.54, 1.807) is 0 Å². The monoisotopic (exact) mass is 384 g/mol. The molecule has 0 fully saturated rings. The van der Waals surface area contributed by atoms with E-state index in [1.807, 2.05) is 0 Å². The molecule has 0 aromatic heterocycles. The average Bonchev–Trinajstić information content (AvgIpc) is 0.722. The third-order valence-electron chi connectivity index (χ3n) is 0. The molecule has 0 aromatic carbocycles. The normalized spacial score (nSPS) is 10.0. The van der Waals surface area contributed by atoms with Crippen LogP contribution in [0.15, 0.2) is 0 Å². The molecule has 0 spiro atoms. The molecule has 0 radical (unpaired) electrons. The summed E-state index contributed by atoms with van der Waals surface area (Å²) in [5.41, 5.74) is 0. The molecule has 0 amide bonds. The van der Waals surface area contributed by atoms with Gasteiger partial charge in [-0.25, -0.2) is 0 Å². The van der Waals surface area contributed by atoms with Gasteiger partial charge in [0.05, 0.1) is 0 Å². The Balaban J connectivity index is 0. The summed E-state index contributed by atoms with van der Waals surface area (Å²) in [5, 5.41) is 0. The van der Waals surface area contributed by atoms with Crippen molar-refractivity contribution in [1.82, 2.24) is 0 Å². The van der Waals surface area contributed by atoms with Crippen LogP contribution in [0.2, 0.25) is 0 Å². The van der Waals surface area contributed by atoms with E-state index in [1.165, 1.54) is 0 Å². The van der Waals surface area contributed by atoms with Gasteiger partial charge in [0.2, 0.25) is 0 Å². The molecule has 1 N–H and O–H groups in total. The fraction of sp³-hybridized carbons (Fsp3) is 0. The summed E-state index contributed by atoms with van der Waals surface area (Å²) >= 11 is -5.69. The molecule has 6 heavy (non-hydrogen) atoms. The standard InChI is InChI=1S/HIO4.Os/c2-1(3,4)5;/h2H;. The first-order chi connectivity index (χ1) is 2.00. The second kappa shape index (κ2) is 3.24. The van der Waals surface area contributed by atoms with E-state index < -0.39 is 20.1 Å². The molecule has 0 heterocycles. The van der Waals surface area contributed by atoms with Crippen LogP contribution in [0.25, 0.3) is 0 Å². The maximum absolute atomic E-state index is 8.73. The Kier molecular flexibility index (Phi) is 5.53. The summed E-state index contributed by atoms with van der Waals surface area (Å²) in [6.45, 7) is 0. The average molecular weight is 382 g/mol. The Hall–Kier alpha value is 1.21. The van der Waals surface area contributed by atoms with Crippen molar-refractivity contribution >= 4 is 0 Å². The minimum atomic E-state index is -5.69. The van der Waals surface area contributed by atoms with Crippen molar-refractivity contribution in [2.75, 3.05) is 0 Å². The van der Waals surface area contributed by atoms with Crippen LogP contribution in [-0.4, -0.2) is 3.44 Å². The van der Waals surface area contributed by atoms with Crippen molar-refractivity contribution in [1.29, 1.82) is 0 Å². The summed E-state index contributed by atoms with van der Waals surface area (Å²) in [6, 6.07) is 0. The molecule has 0 aromatic rings. The third-order valence-corrected chi connectivity index (χ3v) is 0. The van der Waals surface area contributed by atoms with Crippen LogP contribution in [0.4, 0.5) is 0 Å². The van der Waals surface area contributed by atoms with Gasteiger partial charge in [-0.2, -0.15) is 0 Å². The molecule has 0 aliphatic rings. The van der Waals surface area contributed by atoms with Crippen LogP contribution in [-0.2, 0) is 19.8 Å². The minimum Gasteiger partial charge on any atom is -0.256 e. The number of halogens is 1. The van der Waals surface area contributed by atoms with Gasteiger partial charge >= 0.3 is 20.1 Å². The van der Waals surface area contributed by atoms with Crippen molar-refractivity contribution < 1.29 is 53.6 Å². The Labute approximate surface area is 53.6 Å². The molecule has 0 saturated carbocycles. The molecular formula is HIO4Os. The van der Waals surface area contributed by atoms with Crippen LogP contribution >= 0.6 is 0 Å². The van der Waals surface area contributed by atoms with Gasteiger partial charge in [-0.1, -0.05) is 0 Å². The van der Waals surface area contributed by atoms with E-state index in [0.717, 1.165) is 0 Å². The molecule has 40 valence electrons. The number of hydrogen-bond donors (Lipinski definition) is 1. The van der Waals surface area contributed by atoms with Gasteiger partial charge in [0, 0.05) is 23.2 Å². The summed E-state index contributed by atoms with van der Waals surface area (Å²) in [5.74, 6) is 0. The largest absolute Gasteiger partial charge is 0.368 e. The fourth-order valence-corrected chi connectivity index (χ4v) is 0. The summed E-state index contributed by atoms with van der Waals surface area (Å²) < 4.78 is 33.2. The fourth-order valence-electron chi connectivity index (χ4n) is 0. The molecule has 4 nitrogen and oxygen atoms in total. The maximum Gasteiger partial charge on any atom is 0.368 e. The van der Waals surface area contributed by atoms with E-state index in [2.05, 4.69) is 0 Å². The van der Waals surface area contributed by atoms with E-state index in [9.17, 15) is 0 Å². The second-order valence-corrected chi connectivity index (χ2v) is 2.66. The summed E-state index contributed by atoms with van der Waals surface area (Å²) in [6.07, 6.45) is 0. The zero-order valence-corrected chi connectivity index (χ0v) is 7.10. The van der Waals surface area contributed by atoms with E-state index in [4.69, 9.17) is 13.7 Å². The van der Waals surface area contributed by atoms with Gasteiger partial charge in [-0.3, -0.25) is 10.3 Å². The number of hydrogen-bond acceptors (Lipinski definition) is 4. The minimum absolute atomic E-state index is 0. The molecular weight excluding hydrogens is 381 g/mol. The molecule has 0 bridgehead atoms. The molecule has 0 saturated heterocycles. The van der Waals surface area contributed by atoms with Gasteiger partial charge < -0.3 is 0 Å². The van der Waals surface area contributed by atoms with E-state index in [0.29, 0.717) is 0 Å². The quantitative estimate of drug-likeness (QED) is 0.422.